The minimum Gasteiger partial charge on any atom is -0.398 e. The van der Waals surface area contributed by atoms with Crippen molar-refractivity contribution in [2.75, 3.05) is 17.2 Å². The summed E-state index contributed by atoms with van der Waals surface area (Å²) in [5.41, 5.74) is 10.3. The van der Waals surface area contributed by atoms with Crippen molar-refractivity contribution < 1.29 is 4.79 Å². The van der Waals surface area contributed by atoms with Crippen LogP contribution in [0.15, 0.2) is 24.7 Å². The van der Waals surface area contributed by atoms with E-state index in [-0.39, 0.29) is 5.91 Å². The van der Waals surface area contributed by atoms with Gasteiger partial charge in [-0.15, -0.1) is 0 Å². The third-order valence-electron chi connectivity index (χ3n) is 3.53. The molecule has 1 aliphatic rings. The van der Waals surface area contributed by atoms with Gasteiger partial charge in [-0.2, -0.15) is 0 Å². The summed E-state index contributed by atoms with van der Waals surface area (Å²) in [6, 6.07) is 3.95. The first-order valence-corrected chi connectivity index (χ1v) is 6.25. The minimum absolute atomic E-state index is 0.0670. The molecule has 0 fully saturated rings. The zero-order valence-corrected chi connectivity index (χ0v) is 11.1. The van der Waals surface area contributed by atoms with E-state index in [0.717, 1.165) is 23.4 Å². The van der Waals surface area contributed by atoms with Gasteiger partial charge in [0, 0.05) is 31.2 Å². The van der Waals surface area contributed by atoms with Crippen LogP contribution in [0.5, 0.6) is 0 Å². The summed E-state index contributed by atoms with van der Waals surface area (Å²) in [6.45, 7) is 2.67. The quantitative estimate of drug-likeness (QED) is 0.787. The third kappa shape index (κ3) is 1.87. The highest BCUT2D eigenvalue weighted by Crippen LogP contribution is 2.32. The van der Waals surface area contributed by atoms with Gasteiger partial charge in [-0.3, -0.25) is 4.79 Å². The molecule has 0 radical (unpaired) electrons. The molecule has 19 heavy (non-hydrogen) atoms. The van der Waals surface area contributed by atoms with E-state index in [4.69, 9.17) is 5.73 Å². The first-order chi connectivity index (χ1) is 9.06. The second-order valence-corrected chi connectivity index (χ2v) is 4.97. The molecule has 98 valence electrons. The molecule has 0 spiro atoms. The van der Waals surface area contributed by atoms with Crippen molar-refractivity contribution in [3.63, 3.8) is 0 Å². The van der Waals surface area contributed by atoms with Crippen LogP contribution in [0.1, 0.15) is 21.6 Å². The smallest absolute Gasteiger partial charge is 0.278 e. The van der Waals surface area contributed by atoms with Crippen molar-refractivity contribution in [2.45, 2.75) is 13.3 Å². The largest absolute Gasteiger partial charge is 0.398 e. The van der Waals surface area contributed by atoms with E-state index < -0.39 is 0 Å². The Kier molecular flexibility index (Phi) is 2.55. The van der Waals surface area contributed by atoms with Crippen molar-refractivity contribution in [3.05, 3.63) is 41.5 Å². The fraction of sp³-hybridized carbons (Fsp3) is 0.286. The molecule has 5 nitrogen and oxygen atoms in total. The average Bonchev–Trinajstić information content (AvgIpc) is 2.96. The first-order valence-electron chi connectivity index (χ1n) is 6.25. The van der Waals surface area contributed by atoms with Crippen LogP contribution in [0.4, 0.5) is 11.4 Å². The molecule has 0 bridgehead atoms. The molecule has 0 aliphatic carbocycles. The normalized spacial score (nSPS) is 13.7. The number of hydrogen-bond acceptors (Lipinski definition) is 3. The van der Waals surface area contributed by atoms with Gasteiger partial charge in [0.2, 0.25) is 0 Å². The molecule has 0 atom stereocenters. The zero-order valence-electron chi connectivity index (χ0n) is 11.1. The van der Waals surface area contributed by atoms with Crippen molar-refractivity contribution in [1.29, 1.82) is 0 Å². The predicted octanol–water partition coefficient (Wildman–Crippen LogP) is 1.51. The number of carbonyl (C=O) groups excluding carboxylic acids is 1. The number of aromatic nitrogens is 2. The number of fused-ring (bicyclic) bond motifs is 1. The molecule has 0 saturated carbocycles. The number of nitrogen functional groups attached to an aromatic ring is 1. The number of aryl methyl sites for hydroxylation is 2. The monoisotopic (exact) mass is 256 g/mol. The van der Waals surface area contributed by atoms with Gasteiger partial charge in [0.15, 0.2) is 0 Å². The fourth-order valence-corrected chi connectivity index (χ4v) is 2.45. The van der Waals surface area contributed by atoms with Gasteiger partial charge in [0.05, 0.1) is 6.33 Å². The number of nitrogens with two attached hydrogens (primary N) is 1. The van der Waals surface area contributed by atoms with E-state index in [0.29, 0.717) is 12.2 Å². The van der Waals surface area contributed by atoms with E-state index in [1.54, 1.807) is 22.0 Å². The van der Waals surface area contributed by atoms with Crippen LogP contribution < -0.4 is 10.6 Å². The summed E-state index contributed by atoms with van der Waals surface area (Å²) in [6.07, 6.45) is 4.24. The lowest BCUT2D eigenvalue weighted by molar-refractivity contribution is 0.0985. The van der Waals surface area contributed by atoms with Crippen LogP contribution in [-0.4, -0.2) is 22.0 Å². The molecule has 1 aromatic carbocycles. The maximum Gasteiger partial charge on any atom is 0.278 e. The number of carbonyl (C=O) groups is 1. The Hall–Kier alpha value is -2.30. The second kappa shape index (κ2) is 4.12. The Morgan fingerprint density at radius 2 is 2.21 bits per heavy atom. The molecule has 1 aliphatic heterocycles. The molecule has 1 aromatic heterocycles. The summed E-state index contributed by atoms with van der Waals surface area (Å²) < 4.78 is 1.77. The molecule has 2 heterocycles. The molecular weight excluding hydrogens is 240 g/mol. The first kappa shape index (κ1) is 11.8. The van der Waals surface area contributed by atoms with E-state index in [1.165, 1.54) is 5.56 Å². The van der Waals surface area contributed by atoms with Gasteiger partial charge in [0.1, 0.15) is 5.69 Å². The van der Waals surface area contributed by atoms with Gasteiger partial charge in [-0.25, -0.2) is 4.98 Å². The maximum atomic E-state index is 12.4. The Balaban J connectivity index is 1.98. The summed E-state index contributed by atoms with van der Waals surface area (Å²) in [4.78, 5) is 18.3. The van der Waals surface area contributed by atoms with Gasteiger partial charge < -0.3 is 15.2 Å². The van der Waals surface area contributed by atoms with Crippen LogP contribution in [0.3, 0.4) is 0 Å². The fourth-order valence-electron chi connectivity index (χ4n) is 2.45. The average molecular weight is 256 g/mol. The van der Waals surface area contributed by atoms with Crippen molar-refractivity contribution in [2.24, 2.45) is 7.05 Å². The zero-order chi connectivity index (χ0) is 13.6. The molecular formula is C14H16N4O. The molecule has 5 heteroatoms. The Morgan fingerprint density at radius 3 is 2.89 bits per heavy atom. The second-order valence-electron chi connectivity index (χ2n) is 4.97. The van der Waals surface area contributed by atoms with Crippen LogP contribution in [0.2, 0.25) is 0 Å². The number of anilines is 2. The summed E-state index contributed by atoms with van der Waals surface area (Å²) >= 11 is 0. The number of nitrogens with zero attached hydrogens (tertiary/aromatic N) is 3. The lowest BCUT2D eigenvalue weighted by Gasteiger charge is -2.16. The molecule has 3 rings (SSSR count). The highest BCUT2D eigenvalue weighted by atomic mass is 16.2. The standard InChI is InChI=1S/C14H16N4O/c1-9-5-10-3-4-18(13(10)6-11(9)15)14(19)12-7-17(2)8-16-12/h5-8H,3-4,15H2,1-2H3. The SMILES string of the molecule is Cc1cc2c(cc1N)N(C(=O)c1cn(C)cn1)CC2. The third-order valence-corrected chi connectivity index (χ3v) is 3.53. The topological polar surface area (TPSA) is 64.2 Å². The van der Waals surface area contributed by atoms with Gasteiger partial charge >= 0.3 is 0 Å². The van der Waals surface area contributed by atoms with Crippen molar-refractivity contribution in [1.82, 2.24) is 9.55 Å². The minimum atomic E-state index is -0.0670. The molecule has 0 saturated heterocycles. The number of rotatable bonds is 1. The molecule has 1 amide bonds. The van der Waals surface area contributed by atoms with E-state index in [1.807, 2.05) is 20.0 Å². The predicted molar refractivity (Wildman–Crippen MR) is 74.2 cm³/mol. The van der Waals surface area contributed by atoms with Crippen LogP contribution in [0.25, 0.3) is 0 Å². The number of benzene rings is 1. The number of imidazole rings is 1. The van der Waals surface area contributed by atoms with Crippen molar-refractivity contribution in [3.8, 4) is 0 Å². The Bertz CT molecular complexity index is 659. The summed E-state index contributed by atoms with van der Waals surface area (Å²) in [5, 5.41) is 0. The van der Waals surface area contributed by atoms with E-state index >= 15 is 0 Å². The summed E-state index contributed by atoms with van der Waals surface area (Å²) in [5.74, 6) is -0.0670. The van der Waals surface area contributed by atoms with Crippen LogP contribution in [-0.2, 0) is 13.5 Å². The highest BCUT2D eigenvalue weighted by Gasteiger charge is 2.27. The summed E-state index contributed by atoms with van der Waals surface area (Å²) in [7, 11) is 1.85. The van der Waals surface area contributed by atoms with Crippen LogP contribution in [0, 0.1) is 6.92 Å². The maximum absolute atomic E-state index is 12.4. The van der Waals surface area contributed by atoms with Crippen molar-refractivity contribution >= 4 is 17.3 Å². The van der Waals surface area contributed by atoms with Crippen LogP contribution >= 0.6 is 0 Å². The van der Waals surface area contributed by atoms with E-state index in [9.17, 15) is 4.79 Å². The molecule has 2 aromatic rings. The van der Waals surface area contributed by atoms with Gasteiger partial charge in [0.25, 0.3) is 5.91 Å². The van der Waals surface area contributed by atoms with Gasteiger partial charge in [-0.1, -0.05) is 6.07 Å². The number of hydrogen-bond donors (Lipinski definition) is 1. The lowest BCUT2D eigenvalue weighted by atomic mass is 10.1. The number of amides is 1. The lowest BCUT2D eigenvalue weighted by Crippen LogP contribution is -2.29. The van der Waals surface area contributed by atoms with Gasteiger partial charge in [-0.05, 0) is 30.5 Å². The molecule has 2 N–H and O–H groups in total. The Morgan fingerprint density at radius 1 is 1.42 bits per heavy atom. The highest BCUT2D eigenvalue weighted by molar-refractivity contribution is 6.06. The molecule has 0 unspecified atom stereocenters. The Labute approximate surface area is 111 Å². The van der Waals surface area contributed by atoms with E-state index in [2.05, 4.69) is 11.1 Å².